The van der Waals surface area contributed by atoms with E-state index in [1.54, 1.807) is 4.90 Å². The molecule has 7 nitrogen and oxygen atoms in total. The van der Waals surface area contributed by atoms with Gasteiger partial charge in [-0.3, -0.25) is 4.79 Å². The van der Waals surface area contributed by atoms with Crippen LogP contribution in [0.3, 0.4) is 0 Å². The van der Waals surface area contributed by atoms with E-state index in [0.717, 1.165) is 6.42 Å². The fraction of sp³-hybridized carbons (Fsp3) is 0.786. The van der Waals surface area contributed by atoms with E-state index < -0.39 is 18.0 Å². The van der Waals surface area contributed by atoms with Crippen LogP contribution in [0.25, 0.3) is 0 Å². The molecule has 1 aliphatic heterocycles. The van der Waals surface area contributed by atoms with Crippen LogP contribution in [0.2, 0.25) is 0 Å². The second-order valence-electron chi connectivity index (χ2n) is 5.73. The minimum Gasteiger partial charge on any atom is -0.481 e. The maximum absolute atomic E-state index is 12.2. The molecule has 7 heteroatoms. The maximum atomic E-state index is 12.2. The van der Waals surface area contributed by atoms with Crippen LogP contribution < -0.4 is 5.32 Å². The number of likely N-dealkylation sites (tertiary alicyclic amines) is 1. The summed E-state index contributed by atoms with van der Waals surface area (Å²) in [6, 6.07) is -0.961. The molecular weight excluding hydrogens is 276 g/mol. The van der Waals surface area contributed by atoms with Crippen LogP contribution in [-0.2, 0) is 14.3 Å². The molecule has 2 unspecified atom stereocenters. The molecule has 0 aromatic carbocycles. The Balaban J connectivity index is 2.49. The first-order valence-electron chi connectivity index (χ1n) is 7.20. The number of amides is 2. The van der Waals surface area contributed by atoms with Crippen LogP contribution in [0, 0.1) is 11.8 Å². The fourth-order valence-corrected chi connectivity index (χ4v) is 2.43. The number of hydrogen-bond acceptors (Lipinski definition) is 4. The molecule has 1 rings (SSSR count). The number of esters is 1. The minimum absolute atomic E-state index is 0.0631. The van der Waals surface area contributed by atoms with E-state index in [4.69, 9.17) is 5.11 Å². The molecule has 120 valence electrons. The van der Waals surface area contributed by atoms with Crippen LogP contribution in [-0.4, -0.2) is 54.2 Å². The van der Waals surface area contributed by atoms with E-state index in [2.05, 4.69) is 10.1 Å². The lowest BCUT2D eigenvalue weighted by atomic mass is 10.0. The van der Waals surface area contributed by atoms with Gasteiger partial charge in [-0.15, -0.1) is 0 Å². The number of hydrogen-bond donors (Lipinski definition) is 2. The van der Waals surface area contributed by atoms with Crippen molar-refractivity contribution in [1.82, 2.24) is 10.2 Å². The number of methoxy groups -OCH3 is 1. The van der Waals surface area contributed by atoms with Crippen LogP contribution in [0.15, 0.2) is 0 Å². The van der Waals surface area contributed by atoms with Gasteiger partial charge in [0.2, 0.25) is 0 Å². The molecule has 2 amide bonds. The minimum atomic E-state index is -0.816. The number of carbonyl (C=O) groups excluding carboxylic acids is 2. The van der Waals surface area contributed by atoms with Gasteiger partial charge >= 0.3 is 18.0 Å². The average molecular weight is 300 g/mol. The number of carboxylic acid groups (broad SMARTS) is 1. The molecule has 21 heavy (non-hydrogen) atoms. The van der Waals surface area contributed by atoms with Crippen molar-refractivity contribution >= 4 is 18.0 Å². The summed E-state index contributed by atoms with van der Waals surface area (Å²) >= 11 is 0. The predicted molar refractivity (Wildman–Crippen MR) is 75.7 cm³/mol. The van der Waals surface area contributed by atoms with Gasteiger partial charge in [0, 0.05) is 19.5 Å². The first-order chi connectivity index (χ1) is 9.85. The first kappa shape index (κ1) is 17.3. The number of aliphatic carboxylic acids is 1. The second-order valence-corrected chi connectivity index (χ2v) is 5.73. The SMILES string of the molecule is COC(=O)C(NC(=O)N1CCC(CCC(=O)O)C1)C(C)C. The smallest absolute Gasteiger partial charge is 0.328 e. The Kier molecular flexibility index (Phi) is 6.45. The second kappa shape index (κ2) is 7.85. The molecule has 1 fully saturated rings. The van der Waals surface area contributed by atoms with Crippen LogP contribution >= 0.6 is 0 Å². The Morgan fingerprint density at radius 1 is 1.38 bits per heavy atom. The number of carbonyl (C=O) groups is 3. The van der Waals surface area contributed by atoms with E-state index in [1.165, 1.54) is 7.11 Å². The number of ether oxygens (including phenoxy) is 1. The molecule has 2 atom stereocenters. The summed E-state index contributed by atoms with van der Waals surface area (Å²) in [5.41, 5.74) is 0. The summed E-state index contributed by atoms with van der Waals surface area (Å²) in [4.78, 5) is 36.0. The van der Waals surface area contributed by atoms with Gasteiger partial charge < -0.3 is 20.1 Å². The molecule has 0 spiro atoms. The molecule has 0 saturated carbocycles. The Bertz CT molecular complexity index is 397. The Morgan fingerprint density at radius 2 is 2.05 bits per heavy atom. The average Bonchev–Trinajstić information content (AvgIpc) is 2.90. The zero-order valence-corrected chi connectivity index (χ0v) is 12.8. The van der Waals surface area contributed by atoms with E-state index in [-0.39, 0.29) is 24.3 Å². The molecule has 2 N–H and O–H groups in total. The van der Waals surface area contributed by atoms with E-state index >= 15 is 0 Å². The number of nitrogens with zero attached hydrogens (tertiary/aromatic N) is 1. The van der Waals surface area contributed by atoms with Gasteiger partial charge in [0.25, 0.3) is 0 Å². The van der Waals surface area contributed by atoms with Gasteiger partial charge in [-0.2, -0.15) is 0 Å². The van der Waals surface area contributed by atoms with Crippen molar-refractivity contribution < 1.29 is 24.2 Å². The quantitative estimate of drug-likeness (QED) is 0.716. The third-order valence-electron chi connectivity index (χ3n) is 3.74. The third-order valence-corrected chi connectivity index (χ3v) is 3.74. The van der Waals surface area contributed by atoms with Crippen molar-refractivity contribution in [1.29, 1.82) is 0 Å². The highest BCUT2D eigenvalue weighted by Gasteiger charge is 2.31. The Morgan fingerprint density at radius 3 is 2.57 bits per heavy atom. The van der Waals surface area contributed by atoms with E-state index in [0.29, 0.717) is 19.5 Å². The summed E-state index contributed by atoms with van der Waals surface area (Å²) < 4.78 is 4.69. The van der Waals surface area contributed by atoms with Crippen molar-refractivity contribution in [3.8, 4) is 0 Å². The van der Waals surface area contributed by atoms with Crippen LogP contribution in [0.5, 0.6) is 0 Å². The summed E-state index contributed by atoms with van der Waals surface area (Å²) in [5, 5.41) is 11.4. The normalized spacial score (nSPS) is 19.4. The monoisotopic (exact) mass is 300 g/mol. The van der Waals surface area contributed by atoms with Gasteiger partial charge in [-0.05, 0) is 24.7 Å². The standard InChI is InChI=1S/C14H24N2O5/c1-9(2)12(13(19)21-3)15-14(20)16-7-6-10(8-16)4-5-11(17)18/h9-10,12H,4-8H2,1-3H3,(H,15,20)(H,17,18). The lowest BCUT2D eigenvalue weighted by Gasteiger charge is -2.24. The van der Waals surface area contributed by atoms with Crippen molar-refractivity contribution in [2.45, 2.75) is 39.2 Å². The molecule has 0 aromatic heterocycles. The summed E-state index contributed by atoms with van der Waals surface area (Å²) in [6.45, 7) is 4.79. The number of carboxylic acids is 1. The zero-order chi connectivity index (χ0) is 16.0. The molecule has 0 aliphatic carbocycles. The van der Waals surface area contributed by atoms with Gasteiger partial charge in [-0.25, -0.2) is 9.59 Å². The topological polar surface area (TPSA) is 95.9 Å². The lowest BCUT2D eigenvalue weighted by Crippen LogP contribution is -2.50. The molecule has 0 radical (unpaired) electrons. The molecule has 0 bridgehead atoms. The van der Waals surface area contributed by atoms with Crippen LogP contribution in [0.4, 0.5) is 4.79 Å². The fourth-order valence-electron chi connectivity index (χ4n) is 2.43. The molecule has 0 aromatic rings. The van der Waals surface area contributed by atoms with Gasteiger partial charge in [0.05, 0.1) is 7.11 Å². The largest absolute Gasteiger partial charge is 0.481 e. The number of urea groups is 1. The van der Waals surface area contributed by atoms with E-state index in [9.17, 15) is 14.4 Å². The van der Waals surface area contributed by atoms with Crippen molar-refractivity contribution in [2.75, 3.05) is 20.2 Å². The third kappa shape index (κ3) is 5.24. The molecule has 1 aliphatic rings. The van der Waals surface area contributed by atoms with Gasteiger partial charge in [0.1, 0.15) is 6.04 Å². The Labute approximate surface area is 124 Å². The van der Waals surface area contributed by atoms with Crippen molar-refractivity contribution in [2.24, 2.45) is 11.8 Å². The highest BCUT2D eigenvalue weighted by atomic mass is 16.5. The van der Waals surface area contributed by atoms with Crippen molar-refractivity contribution in [3.05, 3.63) is 0 Å². The highest BCUT2D eigenvalue weighted by molar-refractivity contribution is 5.83. The van der Waals surface area contributed by atoms with Gasteiger partial charge in [0.15, 0.2) is 0 Å². The highest BCUT2D eigenvalue weighted by Crippen LogP contribution is 2.21. The number of rotatable bonds is 6. The molecular formula is C14H24N2O5. The summed E-state index contributed by atoms with van der Waals surface area (Å²) in [5.74, 6) is -1.13. The molecule has 1 heterocycles. The predicted octanol–water partition coefficient (Wildman–Crippen LogP) is 1.08. The Hall–Kier alpha value is -1.79. The zero-order valence-electron chi connectivity index (χ0n) is 12.8. The number of nitrogens with one attached hydrogen (secondary N) is 1. The lowest BCUT2D eigenvalue weighted by molar-refractivity contribution is -0.144. The van der Waals surface area contributed by atoms with Gasteiger partial charge in [-0.1, -0.05) is 13.8 Å². The summed E-state index contributed by atoms with van der Waals surface area (Å²) in [6.07, 6.45) is 1.49. The van der Waals surface area contributed by atoms with Crippen LogP contribution in [0.1, 0.15) is 33.1 Å². The molecule has 1 saturated heterocycles. The summed E-state index contributed by atoms with van der Waals surface area (Å²) in [7, 11) is 1.29. The van der Waals surface area contributed by atoms with E-state index in [1.807, 2.05) is 13.8 Å². The first-order valence-corrected chi connectivity index (χ1v) is 7.20. The van der Waals surface area contributed by atoms with Crippen molar-refractivity contribution in [3.63, 3.8) is 0 Å². The maximum Gasteiger partial charge on any atom is 0.328 e.